The molecule has 7 heteroatoms. The van der Waals surface area contributed by atoms with E-state index in [1.807, 2.05) is 32.0 Å². The summed E-state index contributed by atoms with van der Waals surface area (Å²) >= 11 is 0. The van der Waals surface area contributed by atoms with Crippen LogP contribution in [0.25, 0.3) is 0 Å². The van der Waals surface area contributed by atoms with E-state index in [-0.39, 0.29) is 18.0 Å². The normalized spacial score (nSPS) is 18.3. The highest BCUT2D eigenvalue weighted by Gasteiger charge is 2.38. The van der Waals surface area contributed by atoms with Crippen LogP contribution in [0, 0.1) is 5.92 Å². The molecule has 1 fully saturated rings. The lowest BCUT2D eigenvalue weighted by Crippen LogP contribution is -2.38. The van der Waals surface area contributed by atoms with Gasteiger partial charge in [0.15, 0.2) is 0 Å². The first kappa shape index (κ1) is 17.1. The van der Waals surface area contributed by atoms with E-state index in [2.05, 4.69) is 39.3 Å². The molecule has 1 aromatic heterocycles. The summed E-state index contributed by atoms with van der Waals surface area (Å²) in [4.78, 5) is 26.4. The van der Waals surface area contributed by atoms with E-state index in [1.54, 1.807) is 0 Å². The molecular formula is C18H23N5O2. The van der Waals surface area contributed by atoms with Crippen molar-refractivity contribution in [3.05, 3.63) is 42.2 Å². The average molecular weight is 341 g/mol. The van der Waals surface area contributed by atoms with Gasteiger partial charge in [-0.3, -0.25) is 0 Å². The van der Waals surface area contributed by atoms with Gasteiger partial charge in [-0.2, -0.15) is 4.98 Å². The predicted octanol–water partition coefficient (Wildman–Crippen LogP) is 3.42. The first-order chi connectivity index (χ1) is 12.1. The number of benzene rings is 1. The van der Waals surface area contributed by atoms with Gasteiger partial charge in [0.1, 0.15) is 12.9 Å². The highest BCUT2D eigenvalue weighted by atomic mass is 16.6. The maximum atomic E-state index is 12.1. The van der Waals surface area contributed by atoms with Crippen molar-refractivity contribution in [2.75, 3.05) is 16.8 Å². The molecule has 2 atom stereocenters. The average Bonchev–Trinajstić information content (AvgIpc) is 3.02. The fourth-order valence-electron chi connectivity index (χ4n) is 2.89. The monoisotopic (exact) mass is 341 g/mol. The lowest BCUT2D eigenvalue weighted by atomic mass is 10.1. The molecule has 1 aliphatic rings. The van der Waals surface area contributed by atoms with Crippen LogP contribution in [0.4, 0.5) is 16.7 Å². The van der Waals surface area contributed by atoms with E-state index >= 15 is 0 Å². The number of aromatic nitrogens is 3. The van der Waals surface area contributed by atoms with Crippen LogP contribution in [0.5, 0.6) is 0 Å². The van der Waals surface area contributed by atoms with Crippen molar-refractivity contribution < 1.29 is 9.53 Å². The molecule has 7 nitrogen and oxygen atoms in total. The molecule has 3 rings (SSSR count). The number of carbonyl (C=O) groups excluding carboxylic acids is 1. The summed E-state index contributed by atoms with van der Waals surface area (Å²) in [6.45, 7) is 6.54. The topological polar surface area (TPSA) is 80.2 Å². The van der Waals surface area contributed by atoms with Crippen molar-refractivity contribution in [1.29, 1.82) is 0 Å². The van der Waals surface area contributed by atoms with E-state index in [9.17, 15) is 4.79 Å². The zero-order valence-corrected chi connectivity index (χ0v) is 14.7. The molecule has 1 N–H and O–H groups in total. The first-order valence-electron chi connectivity index (χ1n) is 8.56. The first-order valence-corrected chi connectivity index (χ1v) is 8.56. The Morgan fingerprint density at radius 3 is 2.72 bits per heavy atom. The van der Waals surface area contributed by atoms with Gasteiger partial charge in [0, 0.05) is 0 Å². The zero-order chi connectivity index (χ0) is 17.8. The number of amides is 1. The molecule has 0 aliphatic carbocycles. The second kappa shape index (κ2) is 7.46. The van der Waals surface area contributed by atoms with Crippen LogP contribution in [-0.4, -0.2) is 33.7 Å². The number of hydrogen-bond acceptors (Lipinski definition) is 6. The smallest absolute Gasteiger partial charge is 0.417 e. The van der Waals surface area contributed by atoms with Crippen LogP contribution < -0.4 is 10.2 Å². The second-order valence-corrected chi connectivity index (χ2v) is 6.38. The van der Waals surface area contributed by atoms with Crippen LogP contribution in [0.1, 0.15) is 38.8 Å². The summed E-state index contributed by atoms with van der Waals surface area (Å²) in [6.07, 6.45) is 1.89. The third-order valence-corrected chi connectivity index (χ3v) is 4.36. The molecule has 2 aromatic rings. The SMILES string of the molecule is CCC(Nc1ncnc(N2C(=O)OC[C@@H]2C(C)C)n1)c1ccccc1. The Bertz CT molecular complexity index is 722. The minimum Gasteiger partial charge on any atom is -0.447 e. The number of anilines is 2. The van der Waals surface area contributed by atoms with Gasteiger partial charge in [0.2, 0.25) is 11.9 Å². The predicted molar refractivity (Wildman–Crippen MR) is 95.4 cm³/mol. The summed E-state index contributed by atoms with van der Waals surface area (Å²) < 4.78 is 5.17. The van der Waals surface area contributed by atoms with Crippen LogP contribution in [0.15, 0.2) is 36.7 Å². The van der Waals surface area contributed by atoms with Crippen LogP contribution in [0.2, 0.25) is 0 Å². The molecule has 1 amide bonds. The Kier molecular flexibility index (Phi) is 5.11. The number of carbonyl (C=O) groups is 1. The summed E-state index contributed by atoms with van der Waals surface area (Å²) in [6, 6.07) is 10.1. The fraction of sp³-hybridized carbons (Fsp3) is 0.444. The van der Waals surface area contributed by atoms with Crippen molar-refractivity contribution in [3.8, 4) is 0 Å². The maximum Gasteiger partial charge on any atom is 0.417 e. The van der Waals surface area contributed by atoms with Gasteiger partial charge >= 0.3 is 6.09 Å². The van der Waals surface area contributed by atoms with Crippen LogP contribution in [0.3, 0.4) is 0 Å². The Morgan fingerprint density at radius 2 is 2.04 bits per heavy atom. The minimum absolute atomic E-state index is 0.0705. The van der Waals surface area contributed by atoms with E-state index in [4.69, 9.17) is 4.74 Å². The molecule has 1 aliphatic heterocycles. The highest BCUT2D eigenvalue weighted by molar-refractivity contribution is 5.88. The summed E-state index contributed by atoms with van der Waals surface area (Å²) in [5.74, 6) is 1.01. The van der Waals surface area contributed by atoms with Gasteiger partial charge in [-0.15, -0.1) is 0 Å². The molecule has 0 saturated carbocycles. The third kappa shape index (κ3) is 3.70. The van der Waals surface area contributed by atoms with Crippen molar-refractivity contribution in [2.24, 2.45) is 5.92 Å². The van der Waals surface area contributed by atoms with E-state index < -0.39 is 6.09 Å². The number of hydrogen-bond donors (Lipinski definition) is 1. The van der Waals surface area contributed by atoms with Crippen LogP contribution >= 0.6 is 0 Å². The minimum atomic E-state index is -0.411. The van der Waals surface area contributed by atoms with Gasteiger partial charge < -0.3 is 10.1 Å². The van der Waals surface area contributed by atoms with Crippen molar-refractivity contribution in [2.45, 2.75) is 39.3 Å². The molecule has 132 valence electrons. The number of cyclic esters (lactones) is 1. The van der Waals surface area contributed by atoms with Gasteiger partial charge in [-0.05, 0) is 17.9 Å². The Morgan fingerprint density at radius 1 is 1.28 bits per heavy atom. The lowest BCUT2D eigenvalue weighted by Gasteiger charge is -2.23. The second-order valence-electron chi connectivity index (χ2n) is 6.38. The summed E-state index contributed by atoms with van der Waals surface area (Å²) in [7, 11) is 0. The quantitative estimate of drug-likeness (QED) is 0.867. The zero-order valence-electron chi connectivity index (χ0n) is 14.7. The van der Waals surface area contributed by atoms with Gasteiger partial charge in [-0.25, -0.2) is 19.7 Å². The van der Waals surface area contributed by atoms with E-state index in [0.717, 1.165) is 12.0 Å². The van der Waals surface area contributed by atoms with E-state index in [1.165, 1.54) is 11.2 Å². The molecular weight excluding hydrogens is 318 g/mol. The highest BCUT2D eigenvalue weighted by Crippen LogP contribution is 2.25. The number of ether oxygens (including phenoxy) is 1. The molecule has 0 radical (unpaired) electrons. The van der Waals surface area contributed by atoms with Gasteiger partial charge in [-0.1, -0.05) is 51.1 Å². The Balaban J connectivity index is 1.83. The van der Waals surface area contributed by atoms with Crippen molar-refractivity contribution in [3.63, 3.8) is 0 Å². The molecule has 0 spiro atoms. The van der Waals surface area contributed by atoms with E-state index in [0.29, 0.717) is 18.5 Å². The van der Waals surface area contributed by atoms with Crippen molar-refractivity contribution >= 4 is 18.0 Å². The lowest BCUT2D eigenvalue weighted by molar-refractivity contribution is 0.177. The number of rotatable bonds is 6. The van der Waals surface area contributed by atoms with Gasteiger partial charge in [0.05, 0.1) is 12.1 Å². The Hall–Kier alpha value is -2.70. The molecule has 1 saturated heterocycles. The molecule has 1 aromatic carbocycles. The summed E-state index contributed by atoms with van der Waals surface area (Å²) in [5, 5.41) is 3.33. The molecule has 25 heavy (non-hydrogen) atoms. The third-order valence-electron chi connectivity index (χ3n) is 4.36. The Labute approximate surface area is 147 Å². The largest absolute Gasteiger partial charge is 0.447 e. The van der Waals surface area contributed by atoms with Crippen molar-refractivity contribution in [1.82, 2.24) is 15.0 Å². The van der Waals surface area contributed by atoms with Gasteiger partial charge in [0.25, 0.3) is 0 Å². The maximum absolute atomic E-state index is 12.1. The fourth-order valence-corrected chi connectivity index (χ4v) is 2.89. The molecule has 1 unspecified atom stereocenters. The standard InChI is InChI=1S/C18H23N5O2/c1-4-14(13-8-6-5-7-9-13)21-16-19-11-20-17(22-16)23-15(12(2)3)10-25-18(23)24/h5-9,11-12,14-15H,4,10H2,1-3H3,(H,19,20,21,22)/t14?,15-/m1/s1. The number of nitrogens with zero attached hydrogens (tertiary/aromatic N) is 4. The molecule has 0 bridgehead atoms. The summed E-state index contributed by atoms with van der Waals surface area (Å²) in [5.41, 5.74) is 1.16. The number of nitrogens with one attached hydrogen (secondary N) is 1. The van der Waals surface area contributed by atoms with Crippen LogP contribution in [-0.2, 0) is 4.74 Å². The molecule has 2 heterocycles.